The maximum atomic E-state index is 14.1. The molecular formula is C55H66N12O8S2. The van der Waals surface area contributed by atoms with Gasteiger partial charge >= 0.3 is 6.09 Å². The number of aryl methyl sites for hydroxylation is 2. The normalized spacial score (nSPS) is 18.7. The van der Waals surface area contributed by atoms with Crippen LogP contribution < -0.4 is 30.9 Å². The zero-order valence-corrected chi connectivity index (χ0v) is 45.8. The van der Waals surface area contributed by atoms with Gasteiger partial charge < -0.3 is 40.3 Å². The Morgan fingerprint density at radius 1 is 0.844 bits per heavy atom. The number of pyridine rings is 1. The van der Waals surface area contributed by atoms with Crippen molar-refractivity contribution in [1.29, 1.82) is 0 Å². The van der Waals surface area contributed by atoms with Gasteiger partial charge in [-0.05, 0) is 86.8 Å². The molecule has 20 nitrogen and oxygen atoms in total. The molecule has 77 heavy (non-hydrogen) atoms. The predicted molar refractivity (Wildman–Crippen MR) is 296 cm³/mol. The highest BCUT2D eigenvalue weighted by Crippen LogP contribution is 2.33. The molecule has 0 radical (unpaired) electrons. The standard InChI is InChI=1S/C55H66N12O8S2/c1-32-27-66(19-18-65(32)29-46(69)64-53-61-42-17-16-37(21-45(42)77-53)38-20-43(33(2)56-24-38)62-54(73)75-40-10-8-7-9-11-40)52-58-25-41(26-59-52)74-30-47(70)63-49(55(4,5)6)51(72)67-28-39(68)22-44(67)50(71)57-23-35-12-14-36(15-13-35)48-34(3)60-31-76-48/h12-17,20-21,24-26,31-32,39-40,44,49,68H,7-11,18-19,22-23,27-30H2,1-6H3,(H,57,71)(H,62,73)(H,63,70)(H,61,64,69)/t32?,39-,44+,49-/m1/s1. The van der Waals surface area contributed by atoms with Crippen molar-refractivity contribution in [2.24, 2.45) is 5.41 Å². The summed E-state index contributed by atoms with van der Waals surface area (Å²) < 4.78 is 12.3. The van der Waals surface area contributed by atoms with E-state index < -0.39 is 54.0 Å². The number of rotatable bonds is 16. The molecule has 6 aromatic rings. The molecule has 1 unspecified atom stereocenters. The van der Waals surface area contributed by atoms with Crippen LogP contribution in [0.2, 0.25) is 0 Å². The molecule has 3 aliphatic rings. The molecule has 1 saturated carbocycles. The molecule has 1 aliphatic carbocycles. The summed E-state index contributed by atoms with van der Waals surface area (Å²) in [6.45, 7) is 12.9. The number of likely N-dealkylation sites (tertiary alicyclic amines) is 1. The molecule has 2 aliphatic heterocycles. The highest BCUT2D eigenvalue weighted by atomic mass is 32.1. The van der Waals surface area contributed by atoms with Crippen LogP contribution >= 0.6 is 22.7 Å². The Balaban J connectivity index is 0.721. The van der Waals surface area contributed by atoms with Gasteiger partial charge in [-0.25, -0.2) is 24.7 Å². The summed E-state index contributed by atoms with van der Waals surface area (Å²) in [4.78, 5) is 96.2. The number of nitrogens with zero attached hydrogens (tertiary/aromatic N) is 8. The van der Waals surface area contributed by atoms with E-state index in [9.17, 15) is 29.1 Å². The van der Waals surface area contributed by atoms with Gasteiger partial charge in [-0.15, -0.1) is 11.3 Å². The average Bonchev–Trinajstić information content (AvgIpc) is 4.15. The number of anilines is 3. The Bertz CT molecular complexity index is 3080. The third-order valence-corrected chi connectivity index (χ3v) is 16.1. The van der Waals surface area contributed by atoms with Crippen molar-refractivity contribution in [3.8, 4) is 27.3 Å². The minimum Gasteiger partial charge on any atom is -0.481 e. The maximum absolute atomic E-state index is 14.1. The van der Waals surface area contributed by atoms with E-state index in [2.05, 4.69) is 51.1 Å². The van der Waals surface area contributed by atoms with Crippen LogP contribution in [0.1, 0.15) is 83.2 Å². The molecule has 4 atom stereocenters. The van der Waals surface area contributed by atoms with Crippen LogP contribution in [0.25, 0.3) is 31.8 Å². The Morgan fingerprint density at radius 2 is 1.60 bits per heavy atom. The molecule has 5 amide bonds. The smallest absolute Gasteiger partial charge is 0.411 e. The van der Waals surface area contributed by atoms with E-state index in [1.54, 1.807) is 17.5 Å². The fraction of sp³-hybridized carbons (Fsp3) is 0.455. The lowest BCUT2D eigenvalue weighted by Crippen LogP contribution is -2.58. The zero-order chi connectivity index (χ0) is 54.4. The second-order valence-corrected chi connectivity index (χ2v) is 23.0. The molecule has 2 saturated heterocycles. The van der Waals surface area contributed by atoms with Crippen LogP contribution in [0.3, 0.4) is 0 Å². The number of aromatic nitrogens is 5. The van der Waals surface area contributed by atoms with Gasteiger partial charge in [-0.3, -0.25) is 34.4 Å². The number of hydrogen-bond donors (Lipinski definition) is 5. The van der Waals surface area contributed by atoms with Crippen LogP contribution in [-0.2, 0) is 30.5 Å². The number of aliphatic hydroxyl groups is 1. The first-order valence-electron chi connectivity index (χ1n) is 26.1. The Labute approximate surface area is 455 Å². The van der Waals surface area contributed by atoms with Crippen molar-refractivity contribution in [3.05, 3.63) is 89.6 Å². The first kappa shape index (κ1) is 54.6. The van der Waals surface area contributed by atoms with E-state index in [0.29, 0.717) is 42.1 Å². The van der Waals surface area contributed by atoms with Gasteiger partial charge in [0.25, 0.3) is 5.91 Å². The minimum absolute atomic E-state index is 0.0122. The van der Waals surface area contributed by atoms with Crippen LogP contribution in [0.15, 0.2) is 72.6 Å². The van der Waals surface area contributed by atoms with Gasteiger partial charge in [0.1, 0.15) is 18.2 Å². The van der Waals surface area contributed by atoms with Crippen molar-refractivity contribution >= 4 is 79.4 Å². The van der Waals surface area contributed by atoms with Crippen molar-refractivity contribution in [1.82, 2.24) is 45.4 Å². The van der Waals surface area contributed by atoms with Crippen molar-refractivity contribution in [2.75, 3.05) is 54.9 Å². The van der Waals surface area contributed by atoms with E-state index >= 15 is 0 Å². The predicted octanol–water partition coefficient (Wildman–Crippen LogP) is 7.11. The fourth-order valence-corrected chi connectivity index (χ4v) is 11.6. The average molecular weight is 1090 g/mol. The van der Waals surface area contributed by atoms with Crippen molar-refractivity contribution in [2.45, 2.75) is 117 Å². The number of ether oxygens (including phenoxy) is 2. The van der Waals surface area contributed by atoms with Gasteiger partial charge in [0.2, 0.25) is 23.7 Å². The number of nitrogens with one attached hydrogen (secondary N) is 4. The lowest BCUT2D eigenvalue weighted by atomic mass is 9.85. The van der Waals surface area contributed by atoms with Crippen LogP contribution in [0, 0.1) is 19.3 Å². The number of carbonyl (C=O) groups excluding carboxylic acids is 5. The highest BCUT2D eigenvalue weighted by Gasteiger charge is 2.44. The summed E-state index contributed by atoms with van der Waals surface area (Å²) in [7, 11) is 0. The van der Waals surface area contributed by atoms with Gasteiger partial charge in [0.15, 0.2) is 17.5 Å². The molecule has 5 N–H and O–H groups in total. The molecule has 9 rings (SSSR count). The number of fused-ring (bicyclic) bond motifs is 1. The number of β-amino-alcohol motifs (C(OH)–C–C–N with tert-alkyl or cyclic N) is 1. The molecule has 4 aromatic heterocycles. The number of amides is 5. The third kappa shape index (κ3) is 13.7. The number of aliphatic hydroxyl groups excluding tert-OH is 1. The summed E-state index contributed by atoms with van der Waals surface area (Å²) in [5, 5.41) is 22.7. The molecule has 0 spiro atoms. The monoisotopic (exact) mass is 1090 g/mol. The Morgan fingerprint density at radius 3 is 2.31 bits per heavy atom. The van der Waals surface area contributed by atoms with E-state index in [0.717, 1.165) is 68.7 Å². The maximum Gasteiger partial charge on any atom is 0.411 e. The number of piperazine rings is 1. The zero-order valence-electron chi connectivity index (χ0n) is 44.2. The quantitative estimate of drug-likeness (QED) is 0.0648. The second-order valence-electron chi connectivity index (χ2n) is 21.1. The summed E-state index contributed by atoms with van der Waals surface area (Å²) in [6, 6.07) is 13.6. The highest BCUT2D eigenvalue weighted by molar-refractivity contribution is 7.22. The van der Waals surface area contributed by atoms with Crippen LogP contribution in [0.4, 0.5) is 21.6 Å². The number of hydrogen-bond acceptors (Lipinski definition) is 17. The molecule has 0 bridgehead atoms. The first-order valence-corrected chi connectivity index (χ1v) is 27.8. The van der Waals surface area contributed by atoms with E-state index in [1.807, 2.05) is 100 Å². The number of benzene rings is 2. The summed E-state index contributed by atoms with van der Waals surface area (Å²) in [5.41, 5.74) is 7.68. The lowest BCUT2D eigenvalue weighted by Gasteiger charge is -2.39. The van der Waals surface area contributed by atoms with E-state index in [4.69, 9.17) is 9.47 Å². The van der Waals surface area contributed by atoms with Crippen molar-refractivity contribution < 1.29 is 38.6 Å². The van der Waals surface area contributed by atoms with Crippen LogP contribution in [-0.4, -0.2) is 139 Å². The summed E-state index contributed by atoms with van der Waals surface area (Å²) in [6.07, 6.45) is 8.48. The van der Waals surface area contributed by atoms with E-state index in [1.165, 1.54) is 35.1 Å². The topological polar surface area (TPSA) is 246 Å². The molecule has 6 heterocycles. The summed E-state index contributed by atoms with van der Waals surface area (Å²) in [5.74, 6) is -0.872. The van der Waals surface area contributed by atoms with Crippen LogP contribution in [0.5, 0.6) is 5.75 Å². The first-order chi connectivity index (χ1) is 36.9. The molecule has 2 aromatic carbocycles. The van der Waals surface area contributed by atoms with Gasteiger partial charge in [0.05, 0.1) is 62.7 Å². The minimum atomic E-state index is -1.03. The summed E-state index contributed by atoms with van der Waals surface area (Å²) >= 11 is 2.95. The van der Waals surface area contributed by atoms with E-state index in [-0.39, 0.29) is 49.9 Å². The molecule has 406 valence electrons. The molecule has 3 fully saturated rings. The largest absolute Gasteiger partial charge is 0.481 e. The Hall–Kier alpha value is -7.14. The number of carbonyl (C=O) groups is 5. The molecule has 22 heteroatoms. The Kier molecular flexibility index (Phi) is 17.1. The fourth-order valence-electron chi connectivity index (χ4n) is 9.88. The van der Waals surface area contributed by atoms with Gasteiger partial charge in [0, 0.05) is 56.9 Å². The van der Waals surface area contributed by atoms with Gasteiger partial charge in [-0.1, -0.05) is 68.9 Å². The second kappa shape index (κ2) is 24.0. The van der Waals surface area contributed by atoms with Crippen molar-refractivity contribution in [3.63, 3.8) is 0 Å². The number of thiazole rings is 2. The SMILES string of the molecule is Cc1ncc(-c2ccc3nc(NC(=O)CN4CCN(c5ncc(OCC(=O)N[C@H](C(=O)N6C[C@H](O)C[C@H]6C(=O)NCc6ccc(-c7scnc7C)cc6)C(C)(C)C)cn5)CC4C)sc3c2)cc1NC(=O)OC1CCCCC1. The molecular weight excluding hydrogens is 1020 g/mol. The lowest BCUT2D eigenvalue weighted by molar-refractivity contribution is -0.144. The van der Waals surface area contributed by atoms with Gasteiger partial charge in [-0.2, -0.15) is 0 Å². The third-order valence-electron chi connectivity index (χ3n) is 14.2.